The molecule has 190 valence electrons. The van der Waals surface area contributed by atoms with Crippen molar-refractivity contribution in [3.63, 3.8) is 0 Å². The van der Waals surface area contributed by atoms with Crippen molar-refractivity contribution in [2.24, 2.45) is 56.7 Å². The molecule has 0 aromatic heterocycles. The molecule has 4 heteroatoms. The van der Waals surface area contributed by atoms with Gasteiger partial charge in [0.1, 0.15) is 5.78 Å². The van der Waals surface area contributed by atoms with Gasteiger partial charge in [-0.1, -0.05) is 60.1 Å². The number of aliphatic carboxylic acids is 1. The molecule has 0 heterocycles. The molecular weight excluding hydrogens is 424 g/mol. The summed E-state index contributed by atoms with van der Waals surface area (Å²) < 4.78 is 0. The molecule has 0 amide bonds. The van der Waals surface area contributed by atoms with Gasteiger partial charge in [-0.05, 0) is 84.9 Å². The van der Waals surface area contributed by atoms with Crippen LogP contribution >= 0.6 is 0 Å². The Labute approximate surface area is 206 Å². The minimum absolute atomic E-state index is 0.00798. The van der Waals surface area contributed by atoms with Crippen molar-refractivity contribution in [2.75, 3.05) is 0 Å². The van der Waals surface area contributed by atoms with Crippen LogP contribution in [0.4, 0.5) is 0 Å². The predicted molar refractivity (Wildman–Crippen MR) is 133 cm³/mol. The molecule has 0 radical (unpaired) electrons. The normalized spacial score (nSPS) is 54.1. The van der Waals surface area contributed by atoms with Crippen molar-refractivity contribution < 1.29 is 19.8 Å². The van der Waals surface area contributed by atoms with Crippen LogP contribution in [-0.4, -0.2) is 28.1 Å². The van der Waals surface area contributed by atoms with Gasteiger partial charge < -0.3 is 10.2 Å². The number of aliphatic hydroxyl groups excluding tert-OH is 1. The Morgan fingerprint density at radius 2 is 1.65 bits per heavy atom. The Balaban J connectivity index is 1.60. The van der Waals surface area contributed by atoms with Gasteiger partial charge in [-0.25, -0.2) is 0 Å². The fourth-order valence-corrected chi connectivity index (χ4v) is 10.8. The number of carboxylic acid groups (broad SMARTS) is 1. The smallest absolute Gasteiger partial charge is 0.306 e. The number of fused-ring (bicyclic) bond motifs is 7. The van der Waals surface area contributed by atoms with Gasteiger partial charge >= 0.3 is 5.97 Å². The van der Waals surface area contributed by atoms with Gasteiger partial charge in [0, 0.05) is 17.3 Å². The number of allylic oxidation sites excluding steroid dienone is 2. The fourth-order valence-electron chi connectivity index (χ4n) is 10.8. The molecule has 5 rings (SSSR count). The molecular formula is C30H46O4. The molecule has 0 unspecified atom stereocenters. The number of carbonyl (C=O) groups excluding carboxylic acids is 1. The molecule has 0 aliphatic heterocycles. The Morgan fingerprint density at radius 1 is 0.971 bits per heavy atom. The third-order valence-electron chi connectivity index (χ3n) is 13.2. The number of rotatable bonds is 1. The number of Topliss-reactive ketones (excluding diaryl/α,β-unsaturated/α-hetero) is 1. The molecule has 5 aliphatic carbocycles. The second-order valence-corrected chi connectivity index (χ2v) is 14.5. The Hall–Kier alpha value is -1.16. The highest BCUT2D eigenvalue weighted by atomic mass is 16.4. The van der Waals surface area contributed by atoms with Crippen molar-refractivity contribution in [1.82, 2.24) is 0 Å². The topological polar surface area (TPSA) is 74.6 Å². The van der Waals surface area contributed by atoms with E-state index in [1.807, 2.05) is 0 Å². The lowest BCUT2D eigenvalue weighted by Crippen LogP contribution is -2.65. The summed E-state index contributed by atoms with van der Waals surface area (Å²) in [5, 5.41) is 21.2. The number of carboxylic acids is 1. The van der Waals surface area contributed by atoms with E-state index < -0.39 is 18.0 Å². The maximum Gasteiger partial charge on any atom is 0.306 e. The van der Waals surface area contributed by atoms with Crippen LogP contribution in [0.25, 0.3) is 0 Å². The monoisotopic (exact) mass is 470 g/mol. The first kappa shape index (κ1) is 24.5. The van der Waals surface area contributed by atoms with Gasteiger partial charge in [0.15, 0.2) is 0 Å². The Morgan fingerprint density at radius 3 is 2.29 bits per heavy atom. The predicted octanol–water partition coefficient (Wildman–Crippen LogP) is 6.27. The lowest BCUT2D eigenvalue weighted by Gasteiger charge is -2.71. The zero-order valence-electron chi connectivity index (χ0n) is 22.4. The van der Waals surface area contributed by atoms with E-state index in [0.717, 1.165) is 38.5 Å². The molecule has 4 saturated carbocycles. The van der Waals surface area contributed by atoms with Crippen LogP contribution in [-0.2, 0) is 9.59 Å². The molecule has 4 fully saturated rings. The number of hydrogen-bond acceptors (Lipinski definition) is 3. The van der Waals surface area contributed by atoms with E-state index in [1.54, 1.807) is 0 Å². The van der Waals surface area contributed by atoms with E-state index in [4.69, 9.17) is 0 Å². The minimum Gasteiger partial charge on any atom is -0.481 e. The third-order valence-corrected chi connectivity index (χ3v) is 13.2. The van der Waals surface area contributed by atoms with Gasteiger partial charge in [-0.15, -0.1) is 0 Å². The van der Waals surface area contributed by atoms with Gasteiger partial charge in [0.2, 0.25) is 0 Å². The molecule has 0 saturated heterocycles. The molecule has 5 aliphatic rings. The second-order valence-electron chi connectivity index (χ2n) is 14.5. The van der Waals surface area contributed by atoms with Gasteiger partial charge in [-0.2, -0.15) is 0 Å². The summed E-state index contributed by atoms with van der Waals surface area (Å²) in [5.74, 6) is 0.291. The van der Waals surface area contributed by atoms with Crippen LogP contribution < -0.4 is 0 Å². The second kappa shape index (κ2) is 7.20. The zero-order chi connectivity index (χ0) is 25.1. The van der Waals surface area contributed by atoms with E-state index >= 15 is 0 Å². The highest BCUT2D eigenvalue weighted by Crippen LogP contribution is 2.75. The quantitative estimate of drug-likeness (QED) is 0.443. The van der Waals surface area contributed by atoms with E-state index in [-0.39, 0.29) is 38.9 Å². The van der Waals surface area contributed by atoms with Crippen LogP contribution in [0.5, 0.6) is 0 Å². The summed E-state index contributed by atoms with van der Waals surface area (Å²) in [6, 6.07) is 0. The first-order valence-electron chi connectivity index (χ1n) is 13.8. The first-order chi connectivity index (χ1) is 15.6. The summed E-state index contributed by atoms with van der Waals surface area (Å²) in [6.07, 6.45) is 9.26. The van der Waals surface area contributed by atoms with Gasteiger partial charge in [-0.3, -0.25) is 9.59 Å². The average molecular weight is 471 g/mol. The van der Waals surface area contributed by atoms with Crippen molar-refractivity contribution >= 4 is 11.8 Å². The number of ketones is 1. The lowest BCUT2D eigenvalue weighted by molar-refractivity contribution is -0.194. The molecule has 10 atom stereocenters. The highest BCUT2D eigenvalue weighted by Gasteiger charge is 2.69. The van der Waals surface area contributed by atoms with Crippen LogP contribution in [0.1, 0.15) is 99.8 Å². The summed E-state index contributed by atoms with van der Waals surface area (Å²) in [7, 11) is 0. The SMILES string of the molecule is C[C@H]1[C@H](C(=O)O)C[C@H](O)[C@]2(C)CC[C@]3(C)C(=CC[C@@H]4[C@@]5(C)CCC(=O)C(C)(C)[C@H]5CC[C@]43C)[C@@H]12. The Bertz CT molecular complexity index is 949. The van der Waals surface area contributed by atoms with Crippen LogP contribution in [0.3, 0.4) is 0 Å². The summed E-state index contributed by atoms with van der Waals surface area (Å²) >= 11 is 0. The van der Waals surface area contributed by atoms with E-state index in [2.05, 4.69) is 54.5 Å². The molecule has 0 spiro atoms. The summed E-state index contributed by atoms with van der Waals surface area (Å²) in [6.45, 7) is 16.2. The van der Waals surface area contributed by atoms with Gasteiger partial charge in [0.25, 0.3) is 0 Å². The summed E-state index contributed by atoms with van der Waals surface area (Å²) in [5.41, 5.74) is 1.24. The maximum absolute atomic E-state index is 12.9. The van der Waals surface area contributed by atoms with Crippen LogP contribution in [0, 0.1) is 56.7 Å². The average Bonchev–Trinajstić information content (AvgIpc) is 2.74. The lowest BCUT2D eigenvalue weighted by atomic mass is 9.33. The van der Waals surface area contributed by atoms with Crippen molar-refractivity contribution in [3.8, 4) is 0 Å². The van der Waals surface area contributed by atoms with Crippen molar-refractivity contribution in [3.05, 3.63) is 11.6 Å². The van der Waals surface area contributed by atoms with Crippen molar-refractivity contribution in [1.29, 1.82) is 0 Å². The van der Waals surface area contributed by atoms with Crippen LogP contribution in [0.2, 0.25) is 0 Å². The van der Waals surface area contributed by atoms with E-state index in [1.165, 1.54) is 5.57 Å². The van der Waals surface area contributed by atoms with Gasteiger partial charge in [0.05, 0.1) is 12.0 Å². The van der Waals surface area contributed by atoms with Crippen molar-refractivity contribution in [2.45, 2.75) is 106 Å². The zero-order valence-corrected chi connectivity index (χ0v) is 22.4. The molecule has 34 heavy (non-hydrogen) atoms. The molecule has 0 bridgehead atoms. The molecule has 4 nitrogen and oxygen atoms in total. The molecule has 2 N–H and O–H groups in total. The molecule has 0 aromatic carbocycles. The first-order valence-corrected chi connectivity index (χ1v) is 13.8. The number of carbonyl (C=O) groups is 2. The van der Waals surface area contributed by atoms with Crippen LogP contribution in [0.15, 0.2) is 11.6 Å². The summed E-state index contributed by atoms with van der Waals surface area (Å²) in [4.78, 5) is 25.1. The standard InChI is InChI=1S/C30H46O4/c1-17-18(25(33)34)16-23(32)28(5)14-15-29(6)19(24(17)28)8-9-21-27(4)12-11-22(31)26(2,3)20(27)10-13-30(21,29)7/h8,17-18,20-21,23-24,32H,9-16H2,1-7H3,(H,33,34)/t17-,18+,20+,21+,23-,24+,27-,28-,29+,30+/m0/s1. The number of aliphatic hydroxyl groups is 1. The largest absolute Gasteiger partial charge is 0.481 e. The Kier molecular flexibility index (Phi) is 5.20. The third kappa shape index (κ3) is 2.75. The molecule has 0 aromatic rings. The van der Waals surface area contributed by atoms with E-state index in [9.17, 15) is 19.8 Å². The maximum atomic E-state index is 12.9. The number of hydrogen-bond donors (Lipinski definition) is 2. The van der Waals surface area contributed by atoms with E-state index in [0.29, 0.717) is 30.5 Å². The minimum atomic E-state index is -0.761. The fraction of sp³-hybridized carbons (Fsp3) is 0.867. The highest BCUT2D eigenvalue weighted by molar-refractivity contribution is 5.85.